The van der Waals surface area contributed by atoms with E-state index in [1.807, 2.05) is 0 Å². The number of methoxy groups -OCH3 is 1. The van der Waals surface area contributed by atoms with Crippen LogP contribution in [0.2, 0.25) is 0 Å². The van der Waals surface area contributed by atoms with Gasteiger partial charge in [0.15, 0.2) is 5.41 Å². The first-order valence-electron chi connectivity index (χ1n) is 5.98. The zero-order chi connectivity index (χ0) is 15.6. The highest BCUT2D eigenvalue weighted by Gasteiger charge is 2.64. The average Bonchev–Trinajstić information content (AvgIpc) is 2.74. The van der Waals surface area contributed by atoms with Crippen LogP contribution in [-0.4, -0.2) is 61.0 Å². The van der Waals surface area contributed by atoms with E-state index in [1.165, 1.54) is 7.11 Å². The number of carboxylic acid groups (broad SMARTS) is 1. The number of amides is 2. The highest BCUT2D eigenvalue weighted by Crippen LogP contribution is 2.45. The summed E-state index contributed by atoms with van der Waals surface area (Å²) in [5.74, 6) is -1.95. The summed E-state index contributed by atoms with van der Waals surface area (Å²) in [6.45, 7) is 0.712. The maximum atomic E-state index is 12.9. The van der Waals surface area contributed by atoms with Crippen molar-refractivity contribution in [2.24, 2.45) is 5.41 Å². The molecule has 116 valence electrons. The van der Waals surface area contributed by atoms with Crippen LogP contribution in [0.4, 0.5) is 18.0 Å². The first-order chi connectivity index (χ1) is 9.14. The molecule has 0 aromatic carbocycles. The van der Waals surface area contributed by atoms with Crippen LogP contribution >= 0.6 is 0 Å². The first-order valence-corrected chi connectivity index (χ1v) is 5.98. The molecule has 1 aliphatic rings. The van der Waals surface area contributed by atoms with Gasteiger partial charge in [0.25, 0.3) is 0 Å². The van der Waals surface area contributed by atoms with Crippen molar-refractivity contribution >= 4 is 12.0 Å². The summed E-state index contributed by atoms with van der Waals surface area (Å²) in [4.78, 5) is 23.6. The quantitative estimate of drug-likeness (QED) is 0.813. The van der Waals surface area contributed by atoms with E-state index in [2.05, 4.69) is 5.32 Å². The highest BCUT2D eigenvalue weighted by atomic mass is 19.4. The summed E-state index contributed by atoms with van der Waals surface area (Å²) < 4.78 is 43.6. The van der Waals surface area contributed by atoms with Gasteiger partial charge in [0.05, 0.1) is 12.6 Å². The lowest BCUT2D eigenvalue weighted by Gasteiger charge is -2.27. The Hall–Kier alpha value is -1.51. The second-order valence-corrected chi connectivity index (χ2v) is 4.86. The lowest BCUT2D eigenvalue weighted by atomic mass is 9.86. The minimum Gasteiger partial charge on any atom is -0.481 e. The summed E-state index contributed by atoms with van der Waals surface area (Å²) in [6.07, 6.45) is -5.54. The van der Waals surface area contributed by atoms with Crippen LogP contribution in [-0.2, 0) is 9.53 Å². The van der Waals surface area contributed by atoms with Crippen LogP contribution in [0, 0.1) is 5.41 Å². The molecular formula is C11H17F3N2O4. The van der Waals surface area contributed by atoms with E-state index in [4.69, 9.17) is 9.84 Å². The van der Waals surface area contributed by atoms with E-state index in [0.29, 0.717) is 0 Å². The second-order valence-electron chi connectivity index (χ2n) is 4.86. The molecule has 1 aliphatic heterocycles. The third-order valence-electron chi connectivity index (χ3n) is 3.30. The topological polar surface area (TPSA) is 78.9 Å². The number of carbonyl (C=O) groups is 2. The van der Waals surface area contributed by atoms with Crippen molar-refractivity contribution < 1.29 is 32.6 Å². The van der Waals surface area contributed by atoms with E-state index in [-0.39, 0.29) is 19.2 Å². The molecule has 1 saturated heterocycles. The lowest BCUT2D eigenvalue weighted by Crippen LogP contribution is -2.50. The minimum absolute atomic E-state index is 0.211. The Labute approximate surface area is 113 Å². The third kappa shape index (κ3) is 3.14. The molecule has 1 heterocycles. The van der Waals surface area contributed by atoms with E-state index >= 15 is 0 Å². The fourth-order valence-corrected chi connectivity index (χ4v) is 2.10. The molecule has 9 heteroatoms. The molecule has 0 spiro atoms. The van der Waals surface area contributed by atoms with Crippen molar-refractivity contribution in [3.63, 3.8) is 0 Å². The Morgan fingerprint density at radius 3 is 2.50 bits per heavy atom. The number of halogens is 3. The second kappa shape index (κ2) is 5.86. The van der Waals surface area contributed by atoms with Crippen molar-refractivity contribution in [3.05, 3.63) is 0 Å². The Balaban J connectivity index is 2.75. The summed E-state index contributed by atoms with van der Waals surface area (Å²) in [6, 6.07) is -1.10. The number of urea groups is 1. The van der Waals surface area contributed by atoms with Gasteiger partial charge in [0.1, 0.15) is 0 Å². The summed E-state index contributed by atoms with van der Waals surface area (Å²) >= 11 is 0. The monoisotopic (exact) mass is 298 g/mol. The molecule has 0 aromatic heterocycles. The lowest BCUT2D eigenvalue weighted by molar-refractivity contribution is -0.226. The van der Waals surface area contributed by atoms with Crippen LogP contribution in [0.5, 0.6) is 0 Å². The predicted molar refractivity (Wildman–Crippen MR) is 62.2 cm³/mol. The van der Waals surface area contributed by atoms with Gasteiger partial charge in [-0.15, -0.1) is 0 Å². The van der Waals surface area contributed by atoms with Crippen LogP contribution < -0.4 is 5.32 Å². The van der Waals surface area contributed by atoms with Crippen molar-refractivity contribution in [1.82, 2.24) is 10.2 Å². The molecule has 2 amide bonds. The van der Waals surface area contributed by atoms with Gasteiger partial charge < -0.3 is 20.1 Å². The maximum Gasteiger partial charge on any atom is 0.406 e. The number of ether oxygens (including phenoxy) is 1. The standard InChI is InChI=1S/C11H17F3N2O4/c1-7(5-20-2)15-9(19)16-4-3-10(6-16,8(17)18)11(12,13)14/h7H,3-6H2,1-2H3,(H,15,19)(H,17,18). The minimum atomic E-state index is -4.90. The van der Waals surface area contributed by atoms with Gasteiger partial charge in [-0.25, -0.2) is 4.79 Å². The highest BCUT2D eigenvalue weighted by molar-refractivity contribution is 5.80. The molecule has 20 heavy (non-hydrogen) atoms. The average molecular weight is 298 g/mol. The Kier molecular flexibility index (Phi) is 4.85. The molecular weight excluding hydrogens is 281 g/mol. The number of hydrogen-bond acceptors (Lipinski definition) is 3. The Morgan fingerprint density at radius 2 is 2.10 bits per heavy atom. The number of hydrogen-bond donors (Lipinski definition) is 2. The van der Waals surface area contributed by atoms with Gasteiger partial charge in [0, 0.05) is 20.2 Å². The molecule has 0 saturated carbocycles. The number of likely N-dealkylation sites (tertiary alicyclic amines) is 1. The molecule has 2 atom stereocenters. The number of alkyl halides is 3. The zero-order valence-corrected chi connectivity index (χ0v) is 11.2. The Morgan fingerprint density at radius 1 is 1.50 bits per heavy atom. The van der Waals surface area contributed by atoms with E-state index in [9.17, 15) is 22.8 Å². The zero-order valence-electron chi connectivity index (χ0n) is 11.2. The normalized spacial score (nSPS) is 24.6. The van der Waals surface area contributed by atoms with Gasteiger partial charge in [-0.05, 0) is 13.3 Å². The van der Waals surface area contributed by atoms with Gasteiger partial charge in [-0.1, -0.05) is 0 Å². The van der Waals surface area contributed by atoms with Crippen molar-refractivity contribution in [3.8, 4) is 0 Å². The number of nitrogens with one attached hydrogen (secondary N) is 1. The van der Waals surface area contributed by atoms with E-state index < -0.39 is 36.6 Å². The van der Waals surface area contributed by atoms with Crippen molar-refractivity contribution in [1.29, 1.82) is 0 Å². The first kappa shape index (κ1) is 16.5. The van der Waals surface area contributed by atoms with Crippen LogP contribution in [0.25, 0.3) is 0 Å². The molecule has 2 unspecified atom stereocenters. The SMILES string of the molecule is COCC(C)NC(=O)N1CCC(C(=O)O)(C(F)(F)F)C1. The molecule has 0 aliphatic carbocycles. The molecule has 6 nitrogen and oxygen atoms in total. The summed E-state index contributed by atoms with van der Waals surface area (Å²) in [5, 5.41) is 11.3. The smallest absolute Gasteiger partial charge is 0.406 e. The number of nitrogens with zero attached hydrogens (tertiary/aromatic N) is 1. The van der Waals surface area contributed by atoms with Crippen molar-refractivity contribution in [2.75, 3.05) is 26.8 Å². The number of aliphatic carboxylic acids is 1. The Bertz CT molecular complexity index is 388. The van der Waals surface area contributed by atoms with Crippen molar-refractivity contribution in [2.45, 2.75) is 25.6 Å². The number of carboxylic acids is 1. The molecule has 2 N–H and O–H groups in total. The molecule has 0 aromatic rings. The molecule has 1 rings (SSSR count). The summed E-state index contributed by atoms with van der Waals surface area (Å²) in [7, 11) is 1.43. The van der Waals surface area contributed by atoms with Gasteiger partial charge in [0.2, 0.25) is 0 Å². The van der Waals surface area contributed by atoms with E-state index in [1.54, 1.807) is 6.92 Å². The van der Waals surface area contributed by atoms with Gasteiger partial charge >= 0.3 is 18.2 Å². The van der Waals surface area contributed by atoms with Gasteiger partial charge in [-0.2, -0.15) is 13.2 Å². The fourth-order valence-electron chi connectivity index (χ4n) is 2.10. The third-order valence-corrected chi connectivity index (χ3v) is 3.30. The van der Waals surface area contributed by atoms with E-state index in [0.717, 1.165) is 4.90 Å². The molecule has 1 fully saturated rings. The summed E-state index contributed by atoms with van der Waals surface area (Å²) in [5.41, 5.74) is -2.88. The van der Waals surface area contributed by atoms with Crippen LogP contribution in [0.15, 0.2) is 0 Å². The van der Waals surface area contributed by atoms with Gasteiger partial charge in [-0.3, -0.25) is 4.79 Å². The predicted octanol–water partition coefficient (Wildman–Crippen LogP) is 1.07. The van der Waals surface area contributed by atoms with Crippen LogP contribution in [0.3, 0.4) is 0 Å². The number of carbonyl (C=O) groups excluding carboxylic acids is 1. The molecule has 0 bridgehead atoms. The number of rotatable bonds is 4. The maximum absolute atomic E-state index is 12.9. The molecule has 0 radical (unpaired) electrons. The largest absolute Gasteiger partial charge is 0.481 e. The fraction of sp³-hybridized carbons (Fsp3) is 0.818. The van der Waals surface area contributed by atoms with Crippen LogP contribution in [0.1, 0.15) is 13.3 Å².